The van der Waals surface area contributed by atoms with Gasteiger partial charge in [-0.1, -0.05) is 0 Å². The molecule has 0 saturated carbocycles. The molecule has 1 aliphatic heterocycles. The average Bonchev–Trinajstić information content (AvgIpc) is 2.53. The largest absolute Gasteiger partial charge is 0.307 e. The fourth-order valence-electron chi connectivity index (χ4n) is 1.82. The van der Waals surface area contributed by atoms with Crippen LogP contribution in [-0.2, 0) is 13.1 Å². The first-order valence-electron chi connectivity index (χ1n) is 4.34. The van der Waals surface area contributed by atoms with E-state index in [2.05, 4.69) is 16.4 Å². The molecule has 2 heterocycles. The number of hydrogen-bond acceptors (Lipinski definition) is 3. The van der Waals surface area contributed by atoms with E-state index >= 15 is 0 Å². The summed E-state index contributed by atoms with van der Waals surface area (Å²) in [6.45, 7) is 5.58. The van der Waals surface area contributed by atoms with Crippen molar-refractivity contribution in [2.45, 2.75) is 26.9 Å². The van der Waals surface area contributed by atoms with Gasteiger partial charge < -0.3 is 5.32 Å². The Labute approximate surface area is 77.4 Å². The standard InChI is InChI=1S/C10H11N3/c1-6-8(3-11)7(2)13-10-5-12-4-9(6)10/h12H,4-5H2,1-2H3. The maximum atomic E-state index is 8.92. The number of fused-ring (bicyclic) bond motifs is 1. The molecular formula is C10H11N3. The van der Waals surface area contributed by atoms with Gasteiger partial charge in [0, 0.05) is 13.1 Å². The molecule has 0 spiro atoms. The highest BCUT2D eigenvalue weighted by molar-refractivity contribution is 5.47. The molecule has 0 amide bonds. The van der Waals surface area contributed by atoms with Crippen LogP contribution >= 0.6 is 0 Å². The van der Waals surface area contributed by atoms with Crippen LogP contribution in [0.2, 0.25) is 0 Å². The number of pyridine rings is 1. The van der Waals surface area contributed by atoms with Gasteiger partial charge in [0.2, 0.25) is 0 Å². The molecule has 0 saturated heterocycles. The van der Waals surface area contributed by atoms with Crippen molar-refractivity contribution in [2.24, 2.45) is 0 Å². The molecule has 0 aromatic carbocycles. The third kappa shape index (κ3) is 1.11. The average molecular weight is 173 g/mol. The van der Waals surface area contributed by atoms with Gasteiger partial charge in [-0.05, 0) is 25.0 Å². The molecule has 0 bridgehead atoms. The van der Waals surface area contributed by atoms with E-state index in [1.807, 2.05) is 13.8 Å². The molecule has 13 heavy (non-hydrogen) atoms. The summed E-state index contributed by atoms with van der Waals surface area (Å²) in [6.07, 6.45) is 0. The Morgan fingerprint density at radius 1 is 1.38 bits per heavy atom. The monoisotopic (exact) mass is 173 g/mol. The Balaban J connectivity index is 2.71. The lowest BCUT2D eigenvalue weighted by Crippen LogP contribution is -2.00. The lowest BCUT2D eigenvalue weighted by molar-refractivity contribution is 0.756. The number of aromatic nitrogens is 1. The van der Waals surface area contributed by atoms with Gasteiger partial charge in [0.25, 0.3) is 0 Å². The number of nitrogens with one attached hydrogen (secondary N) is 1. The fourth-order valence-corrected chi connectivity index (χ4v) is 1.82. The topological polar surface area (TPSA) is 48.7 Å². The molecule has 0 atom stereocenters. The summed E-state index contributed by atoms with van der Waals surface area (Å²) in [6, 6.07) is 2.20. The first kappa shape index (κ1) is 8.21. The summed E-state index contributed by atoms with van der Waals surface area (Å²) in [5.41, 5.74) is 5.00. The van der Waals surface area contributed by atoms with Crippen LogP contribution in [0.4, 0.5) is 0 Å². The van der Waals surface area contributed by atoms with Crippen LogP contribution in [0.1, 0.15) is 28.1 Å². The van der Waals surface area contributed by atoms with Crippen molar-refractivity contribution >= 4 is 0 Å². The second-order valence-corrected chi connectivity index (χ2v) is 3.34. The molecule has 1 aromatic rings. The van der Waals surface area contributed by atoms with Crippen LogP contribution in [0.25, 0.3) is 0 Å². The van der Waals surface area contributed by atoms with Gasteiger partial charge in [-0.3, -0.25) is 4.98 Å². The normalized spacial score (nSPS) is 13.9. The number of hydrogen-bond donors (Lipinski definition) is 1. The van der Waals surface area contributed by atoms with Gasteiger partial charge in [0.05, 0.1) is 17.0 Å². The predicted molar refractivity (Wildman–Crippen MR) is 49.0 cm³/mol. The number of rotatable bonds is 0. The van der Waals surface area contributed by atoms with Crippen molar-refractivity contribution in [2.75, 3.05) is 0 Å². The molecule has 0 unspecified atom stereocenters. The smallest absolute Gasteiger partial charge is 0.101 e. The lowest BCUT2D eigenvalue weighted by Gasteiger charge is -2.06. The molecule has 2 rings (SSSR count). The van der Waals surface area contributed by atoms with Crippen molar-refractivity contribution in [3.63, 3.8) is 0 Å². The molecule has 0 aliphatic carbocycles. The Morgan fingerprint density at radius 2 is 2.15 bits per heavy atom. The van der Waals surface area contributed by atoms with E-state index in [4.69, 9.17) is 5.26 Å². The van der Waals surface area contributed by atoms with E-state index < -0.39 is 0 Å². The summed E-state index contributed by atoms with van der Waals surface area (Å²) in [5, 5.41) is 12.2. The zero-order valence-electron chi connectivity index (χ0n) is 7.81. The van der Waals surface area contributed by atoms with Gasteiger partial charge in [-0.25, -0.2) is 0 Å². The maximum Gasteiger partial charge on any atom is 0.101 e. The van der Waals surface area contributed by atoms with Crippen LogP contribution in [0.5, 0.6) is 0 Å². The highest BCUT2D eigenvalue weighted by Crippen LogP contribution is 2.22. The zero-order valence-corrected chi connectivity index (χ0v) is 7.81. The van der Waals surface area contributed by atoms with Crippen molar-refractivity contribution in [3.05, 3.63) is 28.1 Å². The van der Waals surface area contributed by atoms with Gasteiger partial charge in [-0.2, -0.15) is 5.26 Å². The summed E-state index contributed by atoms with van der Waals surface area (Å²) >= 11 is 0. The lowest BCUT2D eigenvalue weighted by atomic mass is 10.0. The molecule has 3 nitrogen and oxygen atoms in total. The van der Waals surface area contributed by atoms with Crippen LogP contribution in [0.15, 0.2) is 0 Å². The van der Waals surface area contributed by atoms with Crippen molar-refractivity contribution in [1.82, 2.24) is 10.3 Å². The number of aryl methyl sites for hydroxylation is 1. The van der Waals surface area contributed by atoms with Gasteiger partial charge in [0.1, 0.15) is 6.07 Å². The maximum absolute atomic E-state index is 8.92. The predicted octanol–water partition coefficient (Wildman–Crippen LogP) is 1.17. The van der Waals surface area contributed by atoms with Crippen molar-refractivity contribution in [1.29, 1.82) is 5.26 Å². The summed E-state index contributed by atoms with van der Waals surface area (Å²) in [7, 11) is 0. The molecule has 3 heteroatoms. The SMILES string of the molecule is Cc1nc2c(c(C)c1C#N)CNC2. The van der Waals surface area contributed by atoms with E-state index in [1.54, 1.807) is 0 Å². The molecule has 1 aliphatic rings. The molecule has 0 radical (unpaired) electrons. The number of nitriles is 1. The third-order valence-corrected chi connectivity index (χ3v) is 2.55. The second-order valence-electron chi connectivity index (χ2n) is 3.34. The fraction of sp³-hybridized carbons (Fsp3) is 0.400. The molecule has 1 aromatic heterocycles. The zero-order chi connectivity index (χ0) is 9.42. The minimum Gasteiger partial charge on any atom is -0.307 e. The summed E-state index contributed by atoms with van der Waals surface area (Å²) < 4.78 is 0. The first-order valence-corrected chi connectivity index (χ1v) is 4.34. The molecule has 1 N–H and O–H groups in total. The van der Waals surface area contributed by atoms with Gasteiger partial charge in [-0.15, -0.1) is 0 Å². The Hall–Kier alpha value is -1.40. The highest BCUT2D eigenvalue weighted by atomic mass is 14.9. The van der Waals surface area contributed by atoms with Crippen molar-refractivity contribution in [3.8, 4) is 6.07 Å². The van der Waals surface area contributed by atoms with E-state index in [1.165, 1.54) is 5.56 Å². The van der Waals surface area contributed by atoms with E-state index in [0.29, 0.717) is 0 Å². The van der Waals surface area contributed by atoms with Crippen molar-refractivity contribution < 1.29 is 0 Å². The summed E-state index contributed by atoms with van der Waals surface area (Å²) in [4.78, 5) is 4.40. The minimum atomic E-state index is 0.738. The Kier molecular flexibility index (Phi) is 1.78. The molecule has 0 fully saturated rings. The number of nitrogens with zero attached hydrogens (tertiary/aromatic N) is 2. The Morgan fingerprint density at radius 3 is 2.85 bits per heavy atom. The Bertz CT molecular complexity index is 401. The van der Waals surface area contributed by atoms with Crippen LogP contribution < -0.4 is 5.32 Å². The van der Waals surface area contributed by atoms with Gasteiger partial charge >= 0.3 is 0 Å². The second kappa shape index (κ2) is 2.82. The third-order valence-electron chi connectivity index (χ3n) is 2.55. The van der Waals surface area contributed by atoms with Gasteiger partial charge in [0.15, 0.2) is 0 Å². The highest BCUT2D eigenvalue weighted by Gasteiger charge is 2.17. The first-order chi connectivity index (χ1) is 6.24. The minimum absolute atomic E-state index is 0.738. The van der Waals surface area contributed by atoms with E-state index in [-0.39, 0.29) is 0 Å². The van der Waals surface area contributed by atoms with Crippen LogP contribution in [-0.4, -0.2) is 4.98 Å². The van der Waals surface area contributed by atoms with Crippen LogP contribution in [0, 0.1) is 25.2 Å². The van der Waals surface area contributed by atoms with E-state index in [0.717, 1.165) is 35.6 Å². The molecule has 66 valence electrons. The van der Waals surface area contributed by atoms with E-state index in [9.17, 15) is 0 Å². The molecular weight excluding hydrogens is 162 g/mol. The quantitative estimate of drug-likeness (QED) is 0.640. The summed E-state index contributed by atoms with van der Waals surface area (Å²) in [5.74, 6) is 0. The van der Waals surface area contributed by atoms with Crippen LogP contribution in [0.3, 0.4) is 0 Å².